The van der Waals surface area contributed by atoms with Crippen LogP contribution in [0.15, 0.2) is 12.7 Å². The lowest BCUT2D eigenvalue weighted by atomic mass is 10.1. The summed E-state index contributed by atoms with van der Waals surface area (Å²) in [5.74, 6) is 0. The quantitative estimate of drug-likeness (QED) is 0.366. The van der Waals surface area contributed by atoms with Crippen molar-refractivity contribution in [1.82, 2.24) is 0 Å². The predicted molar refractivity (Wildman–Crippen MR) is 76.7 cm³/mol. The maximum absolute atomic E-state index is 5.42. The first-order valence-electron chi connectivity index (χ1n) is 7.77. The van der Waals surface area contributed by atoms with Gasteiger partial charge in [0.1, 0.15) is 0 Å². The summed E-state index contributed by atoms with van der Waals surface area (Å²) in [6, 6.07) is 0. The average molecular weight is 254 g/mol. The predicted octanol–water partition coefficient (Wildman–Crippen LogP) is 4.84. The molecule has 0 spiro atoms. The Morgan fingerprint density at radius 3 is 1.83 bits per heavy atom. The van der Waals surface area contributed by atoms with Crippen LogP contribution in [0.25, 0.3) is 0 Å². The number of hydrogen-bond donors (Lipinski definition) is 0. The minimum atomic E-state index is 0.106. The fourth-order valence-electron chi connectivity index (χ4n) is 2.41. The highest BCUT2D eigenvalue weighted by Gasteiger charge is 2.14. The number of rotatable bonds is 12. The molecule has 0 aromatic carbocycles. The molecule has 1 aliphatic heterocycles. The minimum absolute atomic E-state index is 0.106. The van der Waals surface area contributed by atoms with Gasteiger partial charge in [0.15, 0.2) is 6.29 Å². The molecule has 0 aromatic heterocycles. The maximum atomic E-state index is 5.42. The lowest BCUT2D eigenvalue weighted by Crippen LogP contribution is -2.06. The smallest absolute Gasteiger partial charge is 0.157 e. The highest BCUT2D eigenvalue weighted by atomic mass is 16.7. The Labute approximate surface area is 113 Å². The van der Waals surface area contributed by atoms with Gasteiger partial charge >= 0.3 is 0 Å². The molecule has 0 saturated carbocycles. The van der Waals surface area contributed by atoms with E-state index < -0.39 is 0 Å². The summed E-state index contributed by atoms with van der Waals surface area (Å²) in [4.78, 5) is 0. The van der Waals surface area contributed by atoms with Gasteiger partial charge in [-0.05, 0) is 25.7 Å². The van der Waals surface area contributed by atoms with Gasteiger partial charge in [-0.15, -0.1) is 6.58 Å². The fourth-order valence-corrected chi connectivity index (χ4v) is 2.41. The summed E-state index contributed by atoms with van der Waals surface area (Å²) in [7, 11) is 0. The highest BCUT2D eigenvalue weighted by molar-refractivity contribution is 4.65. The average Bonchev–Trinajstić information content (AvgIpc) is 2.89. The van der Waals surface area contributed by atoms with Gasteiger partial charge in [0.05, 0.1) is 13.2 Å². The van der Waals surface area contributed by atoms with Crippen molar-refractivity contribution in [3.63, 3.8) is 0 Å². The van der Waals surface area contributed by atoms with Crippen LogP contribution in [0.5, 0.6) is 0 Å². The Bertz CT molecular complexity index is 186. The van der Waals surface area contributed by atoms with E-state index in [4.69, 9.17) is 9.47 Å². The van der Waals surface area contributed by atoms with E-state index in [1.165, 1.54) is 64.2 Å². The van der Waals surface area contributed by atoms with Gasteiger partial charge in [-0.3, -0.25) is 0 Å². The number of ether oxygens (including phenoxy) is 2. The Kier molecular flexibility index (Phi) is 10.2. The molecule has 1 fully saturated rings. The largest absolute Gasteiger partial charge is 0.350 e. The molecule has 1 saturated heterocycles. The van der Waals surface area contributed by atoms with Crippen LogP contribution < -0.4 is 0 Å². The molecular formula is C16H30O2. The summed E-state index contributed by atoms with van der Waals surface area (Å²) >= 11 is 0. The Balaban J connectivity index is 1.69. The Morgan fingerprint density at radius 1 is 0.778 bits per heavy atom. The van der Waals surface area contributed by atoms with Crippen molar-refractivity contribution in [1.29, 1.82) is 0 Å². The van der Waals surface area contributed by atoms with Crippen LogP contribution in [0.4, 0.5) is 0 Å². The molecule has 1 aliphatic rings. The first kappa shape index (κ1) is 15.7. The summed E-state index contributed by atoms with van der Waals surface area (Å²) in [5.41, 5.74) is 0. The molecule has 0 bridgehead atoms. The molecule has 0 aromatic rings. The lowest BCUT2D eigenvalue weighted by molar-refractivity contribution is -0.0480. The van der Waals surface area contributed by atoms with E-state index in [2.05, 4.69) is 6.58 Å². The summed E-state index contributed by atoms with van der Waals surface area (Å²) in [6.45, 7) is 5.32. The third kappa shape index (κ3) is 8.71. The van der Waals surface area contributed by atoms with Crippen molar-refractivity contribution in [3.05, 3.63) is 12.7 Å². The minimum Gasteiger partial charge on any atom is -0.350 e. The molecule has 106 valence electrons. The van der Waals surface area contributed by atoms with Crippen molar-refractivity contribution >= 4 is 0 Å². The van der Waals surface area contributed by atoms with Gasteiger partial charge in [0.2, 0.25) is 0 Å². The van der Waals surface area contributed by atoms with Gasteiger partial charge < -0.3 is 9.47 Å². The topological polar surface area (TPSA) is 18.5 Å². The van der Waals surface area contributed by atoms with Crippen LogP contribution in [0.1, 0.15) is 70.6 Å². The third-order valence-electron chi connectivity index (χ3n) is 3.54. The second kappa shape index (κ2) is 11.7. The van der Waals surface area contributed by atoms with Crippen LogP contribution in [0, 0.1) is 0 Å². The van der Waals surface area contributed by atoms with Crippen LogP contribution in [-0.2, 0) is 9.47 Å². The van der Waals surface area contributed by atoms with E-state index in [1.54, 1.807) is 0 Å². The zero-order valence-electron chi connectivity index (χ0n) is 11.9. The standard InChI is InChI=1S/C16H30O2/c1-2-3-4-5-6-7-8-9-10-11-12-13-16-17-14-15-18-16/h2,16H,1,3-15H2. The summed E-state index contributed by atoms with van der Waals surface area (Å²) < 4.78 is 10.8. The first-order valence-corrected chi connectivity index (χ1v) is 7.77. The van der Waals surface area contributed by atoms with Crippen molar-refractivity contribution < 1.29 is 9.47 Å². The zero-order valence-corrected chi connectivity index (χ0v) is 11.9. The van der Waals surface area contributed by atoms with Gasteiger partial charge in [-0.2, -0.15) is 0 Å². The molecule has 1 heterocycles. The number of allylic oxidation sites excluding steroid dienone is 1. The second-order valence-corrected chi connectivity index (χ2v) is 5.22. The van der Waals surface area contributed by atoms with Crippen LogP contribution in [0.3, 0.4) is 0 Å². The van der Waals surface area contributed by atoms with Crippen LogP contribution >= 0.6 is 0 Å². The van der Waals surface area contributed by atoms with Gasteiger partial charge in [0, 0.05) is 0 Å². The van der Waals surface area contributed by atoms with Crippen molar-refractivity contribution in [2.75, 3.05) is 13.2 Å². The number of hydrogen-bond acceptors (Lipinski definition) is 2. The molecule has 0 aliphatic carbocycles. The van der Waals surface area contributed by atoms with Gasteiger partial charge in [-0.1, -0.05) is 51.0 Å². The molecule has 0 N–H and O–H groups in total. The van der Waals surface area contributed by atoms with E-state index in [1.807, 2.05) is 6.08 Å². The van der Waals surface area contributed by atoms with Crippen LogP contribution in [-0.4, -0.2) is 19.5 Å². The van der Waals surface area contributed by atoms with Gasteiger partial charge in [-0.25, -0.2) is 0 Å². The van der Waals surface area contributed by atoms with Crippen molar-refractivity contribution in [2.24, 2.45) is 0 Å². The van der Waals surface area contributed by atoms with Crippen LogP contribution in [0.2, 0.25) is 0 Å². The molecule has 0 amide bonds. The molecule has 18 heavy (non-hydrogen) atoms. The Morgan fingerprint density at radius 2 is 1.28 bits per heavy atom. The molecule has 2 nitrogen and oxygen atoms in total. The van der Waals surface area contributed by atoms with E-state index >= 15 is 0 Å². The summed E-state index contributed by atoms with van der Waals surface area (Å²) in [6.07, 6.45) is 16.7. The van der Waals surface area contributed by atoms with Crippen molar-refractivity contribution in [3.8, 4) is 0 Å². The molecule has 2 heteroatoms. The first-order chi connectivity index (χ1) is 8.93. The molecule has 0 radical (unpaired) electrons. The molecular weight excluding hydrogens is 224 g/mol. The number of unbranched alkanes of at least 4 members (excludes halogenated alkanes) is 9. The molecule has 0 atom stereocenters. The normalized spacial score (nSPS) is 16.2. The summed E-state index contributed by atoms with van der Waals surface area (Å²) in [5, 5.41) is 0. The van der Waals surface area contributed by atoms with E-state index in [9.17, 15) is 0 Å². The SMILES string of the molecule is C=CCCCCCCCCCCCC1OCCO1. The molecule has 0 unspecified atom stereocenters. The maximum Gasteiger partial charge on any atom is 0.157 e. The Hall–Kier alpha value is -0.340. The third-order valence-corrected chi connectivity index (χ3v) is 3.54. The van der Waals surface area contributed by atoms with E-state index in [0.717, 1.165) is 19.6 Å². The van der Waals surface area contributed by atoms with Crippen molar-refractivity contribution in [2.45, 2.75) is 76.9 Å². The molecule has 1 rings (SSSR count). The highest BCUT2D eigenvalue weighted by Crippen LogP contribution is 2.15. The lowest BCUT2D eigenvalue weighted by Gasteiger charge is -2.08. The van der Waals surface area contributed by atoms with E-state index in [-0.39, 0.29) is 6.29 Å². The zero-order chi connectivity index (χ0) is 12.9. The van der Waals surface area contributed by atoms with E-state index in [0.29, 0.717) is 0 Å². The fraction of sp³-hybridized carbons (Fsp3) is 0.875. The van der Waals surface area contributed by atoms with Gasteiger partial charge in [0.25, 0.3) is 0 Å². The second-order valence-electron chi connectivity index (χ2n) is 5.22. The monoisotopic (exact) mass is 254 g/mol.